The molecule has 2 fully saturated rings. The van der Waals surface area contributed by atoms with Gasteiger partial charge in [0, 0.05) is 19.6 Å². The minimum Gasteiger partial charge on any atom is -0.315 e. The molecule has 2 unspecified atom stereocenters. The van der Waals surface area contributed by atoms with Crippen molar-refractivity contribution in [3.05, 3.63) is 0 Å². The molecule has 2 heterocycles. The van der Waals surface area contributed by atoms with Crippen LogP contribution in [0.5, 0.6) is 0 Å². The summed E-state index contributed by atoms with van der Waals surface area (Å²) in [6.07, 6.45) is 3.92. The molecule has 0 aromatic rings. The van der Waals surface area contributed by atoms with Crippen LogP contribution in [0, 0.1) is 11.3 Å². The summed E-state index contributed by atoms with van der Waals surface area (Å²) in [5, 5.41) is 2.96. The van der Waals surface area contributed by atoms with Crippen molar-refractivity contribution in [3.8, 4) is 0 Å². The van der Waals surface area contributed by atoms with Crippen LogP contribution in [0.1, 0.15) is 46.5 Å². The summed E-state index contributed by atoms with van der Waals surface area (Å²) in [5.41, 5.74) is 0.286. The third-order valence-corrected chi connectivity index (χ3v) is 7.04. The molecule has 2 saturated heterocycles. The molecule has 2 rings (SSSR count). The molecule has 2 aliphatic heterocycles. The molecular weight excluding hydrogens is 260 g/mol. The van der Waals surface area contributed by atoms with E-state index in [1.54, 1.807) is 4.31 Å². The molecule has 2 atom stereocenters. The summed E-state index contributed by atoms with van der Waals surface area (Å²) < 4.78 is 26.9. The van der Waals surface area contributed by atoms with E-state index >= 15 is 0 Å². The zero-order valence-corrected chi connectivity index (χ0v) is 13.3. The highest BCUT2D eigenvalue weighted by Gasteiger charge is 2.36. The van der Waals surface area contributed by atoms with Crippen molar-refractivity contribution >= 4 is 10.0 Å². The minimum atomic E-state index is -3.08. The van der Waals surface area contributed by atoms with Crippen LogP contribution in [0.2, 0.25) is 0 Å². The molecule has 19 heavy (non-hydrogen) atoms. The maximum Gasteiger partial charge on any atom is 0.218 e. The minimum absolute atomic E-state index is 0.196. The van der Waals surface area contributed by atoms with Gasteiger partial charge in [-0.25, -0.2) is 12.7 Å². The van der Waals surface area contributed by atoms with Gasteiger partial charge in [-0.05, 0) is 43.6 Å². The lowest BCUT2D eigenvalue weighted by atomic mass is 9.77. The van der Waals surface area contributed by atoms with Gasteiger partial charge in [0.2, 0.25) is 10.0 Å². The van der Waals surface area contributed by atoms with Gasteiger partial charge in [0.05, 0.1) is 5.25 Å². The molecule has 4 nitrogen and oxygen atoms in total. The zero-order chi connectivity index (χ0) is 14.1. The topological polar surface area (TPSA) is 49.4 Å². The molecule has 0 amide bonds. The van der Waals surface area contributed by atoms with Crippen LogP contribution in [0.3, 0.4) is 0 Å². The second kappa shape index (κ2) is 5.70. The van der Waals surface area contributed by atoms with Crippen LogP contribution in [0.4, 0.5) is 0 Å². The van der Waals surface area contributed by atoms with Crippen molar-refractivity contribution in [1.82, 2.24) is 9.62 Å². The number of sulfonamides is 1. The Labute approximate surface area is 118 Å². The first-order valence-corrected chi connectivity index (χ1v) is 9.02. The Morgan fingerprint density at radius 1 is 1.11 bits per heavy atom. The van der Waals surface area contributed by atoms with Gasteiger partial charge in [0.1, 0.15) is 0 Å². The molecular formula is C14H28N2O2S. The third-order valence-electron chi connectivity index (χ3n) is 4.71. The molecule has 0 spiro atoms. The average Bonchev–Trinajstić information content (AvgIpc) is 2.71. The Balaban J connectivity index is 2.02. The molecule has 0 saturated carbocycles. The summed E-state index contributed by atoms with van der Waals surface area (Å²) in [4.78, 5) is 0. The van der Waals surface area contributed by atoms with E-state index in [2.05, 4.69) is 26.1 Å². The zero-order valence-electron chi connectivity index (χ0n) is 12.5. The van der Waals surface area contributed by atoms with Gasteiger partial charge in [0.15, 0.2) is 0 Å². The quantitative estimate of drug-likeness (QED) is 0.843. The van der Waals surface area contributed by atoms with Gasteiger partial charge in [-0.3, -0.25) is 0 Å². The first kappa shape index (κ1) is 15.3. The summed E-state index contributed by atoms with van der Waals surface area (Å²) in [7, 11) is -3.08. The highest BCUT2D eigenvalue weighted by molar-refractivity contribution is 7.89. The molecule has 0 aromatic heterocycles. The molecule has 112 valence electrons. The number of nitrogens with zero attached hydrogens (tertiary/aromatic N) is 1. The fourth-order valence-corrected chi connectivity index (χ4v) is 5.19. The van der Waals surface area contributed by atoms with Crippen molar-refractivity contribution in [1.29, 1.82) is 0 Å². The van der Waals surface area contributed by atoms with E-state index in [-0.39, 0.29) is 10.7 Å². The summed E-state index contributed by atoms with van der Waals surface area (Å²) in [6.45, 7) is 9.68. The van der Waals surface area contributed by atoms with E-state index in [4.69, 9.17) is 0 Å². The second-order valence-corrected chi connectivity index (χ2v) is 9.27. The van der Waals surface area contributed by atoms with E-state index in [1.165, 1.54) is 0 Å². The van der Waals surface area contributed by atoms with Crippen LogP contribution >= 0.6 is 0 Å². The van der Waals surface area contributed by atoms with Crippen LogP contribution in [0.25, 0.3) is 0 Å². The Hall–Kier alpha value is -0.130. The maximum atomic E-state index is 12.6. The first-order chi connectivity index (χ1) is 8.82. The van der Waals surface area contributed by atoms with Crippen molar-refractivity contribution < 1.29 is 8.42 Å². The fraction of sp³-hybridized carbons (Fsp3) is 1.00. The number of rotatable bonds is 2. The van der Waals surface area contributed by atoms with E-state index in [0.29, 0.717) is 25.6 Å². The fourth-order valence-electron chi connectivity index (χ4n) is 3.28. The van der Waals surface area contributed by atoms with Crippen LogP contribution in [-0.4, -0.2) is 44.2 Å². The van der Waals surface area contributed by atoms with E-state index < -0.39 is 10.0 Å². The largest absolute Gasteiger partial charge is 0.315 e. The number of hydrogen-bond acceptors (Lipinski definition) is 3. The third kappa shape index (κ3) is 3.50. The van der Waals surface area contributed by atoms with Crippen molar-refractivity contribution in [2.45, 2.75) is 51.7 Å². The predicted octanol–water partition coefficient (Wildman–Crippen LogP) is 1.83. The lowest BCUT2D eigenvalue weighted by Crippen LogP contribution is -2.40. The summed E-state index contributed by atoms with van der Waals surface area (Å²) in [5.74, 6) is 0.634. The standard InChI is InChI=1S/C14H28N2O2S/c1-14(2,3)12-5-4-9-16(10-7-12)19(17,18)13-6-8-15-11-13/h12-13,15H,4-11H2,1-3H3. The Kier molecular flexibility index (Phi) is 4.58. The summed E-state index contributed by atoms with van der Waals surface area (Å²) >= 11 is 0. The smallest absolute Gasteiger partial charge is 0.218 e. The lowest BCUT2D eigenvalue weighted by Gasteiger charge is -2.30. The Morgan fingerprint density at radius 3 is 2.42 bits per heavy atom. The van der Waals surface area contributed by atoms with Crippen molar-refractivity contribution in [3.63, 3.8) is 0 Å². The molecule has 0 aromatic carbocycles. The van der Waals surface area contributed by atoms with E-state index in [9.17, 15) is 8.42 Å². The first-order valence-electron chi connectivity index (χ1n) is 7.51. The van der Waals surface area contributed by atoms with Crippen LogP contribution < -0.4 is 5.32 Å². The Bertz CT molecular complexity index is 394. The van der Waals surface area contributed by atoms with Gasteiger partial charge >= 0.3 is 0 Å². The van der Waals surface area contributed by atoms with Gasteiger partial charge in [-0.1, -0.05) is 20.8 Å². The summed E-state index contributed by atoms with van der Waals surface area (Å²) in [6, 6.07) is 0. The normalized spacial score (nSPS) is 31.3. The Morgan fingerprint density at radius 2 is 1.84 bits per heavy atom. The predicted molar refractivity (Wildman–Crippen MR) is 78.6 cm³/mol. The van der Waals surface area contributed by atoms with Crippen LogP contribution in [0.15, 0.2) is 0 Å². The monoisotopic (exact) mass is 288 g/mol. The van der Waals surface area contributed by atoms with Gasteiger partial charge < -0.3 is 5.32 Å². The maximum absolute atomic E-state index is 12.6. The number of nitrogens with one attached hydrogen (secondary N) is 1. The van der Waals surface area contributed by atoms with Gasteiger partial charge in [0.25, 0.3) is 0 Å². The van der Waals surface area contributed by atoms with Gasteiger partial charge in [-0.2, -0.15) is 0 Å². The molecule has 0 radical (unpaired) electrons. The highest BCUT2D eigenvalue weighted by atomic mass is 32.2. The van der Waals surface area contributed by atoms with E-state index in [1.807, 2.05) is 0 Å². The number of hydrogen-bond donors (Lipinski definition) is 1. The molecule has 1 N–H and O–H groups in total. The van der Waals surface area contributed by atoms with E-state index in [0.717, 1.165) is 32.2 Å². The second-order valence-electron chi connectivity index (χ2n) is 7.05. The van der Waals surface area contributed by atoms with Crippen molar-refractivity contribution in [2.75, 3.05) is 26.2 Å². The molecule has 0 bridgehead atoms. The molecule has 0 aliphatic carbocycles. The SMILES string of the molecule is CC(C)(C)C1CCCN(S(=O)(=O)C2CCNC2)CC1. The lowest BCUT2D eigenvalue weighted by molar-refractivity contribution is 0.216. The van der Waals surface area contributed by atoms with Crippen molar-refractivity contribution in [2.24, 2.45) is 11.3 Å². The molecule has 5 heteroatoms. The average molecular weight is 288 g/mol. The van der Waals surface area contributed by atoms with Crippen LogP contribution in [-0.2, 0) is 10.0 Å². The highest BCUT2D eigenvalue weighted by Crippen LogP contribution is 2.35. The molecule has 2 aliphatic rings. The van der Waals surface area contributed by atoms with Gasteiger partial charge in [-0.15, -0.1) is 0 Å².